The Kier molecular flexibility index (Phi) is 1.85. The van der Waals surface area contributed by atoms with Gasteiger partial charge in [0.1, 0.15) is 11.2 Å². The first-order chi connectivity index (χ1) is 12.3. The van der Waals surface area contributed by atoms with Gasteiger partial charge in [-0.1, -0.05) is 84.9 Å². The van der Waals surface area contributed by atoms with Crippen LogP contribution in [0.5, 0.6) is 0 Å². The lowest BCUT2D eigenvalue weighted by Gasteiger charge is -2.38. The highest BCUT2D eigenvalue weighted by atomic mass is 16.5. The van der Waals surface area contributed by atoms with Gasteiger partial charge in [-0.2, -0.15) is 0 Å². The molecule has 0 spiro atoms. The van der Waals surface area contributed by atoms with Gasteiger partial charge >= 0.3 is 0 Å². The average molecular weight is 322 g/mol. The summed E-state index contributed by atoms with van der Waals surface area (Å²) in [5, 5.41) is 0. The second-order valence-corrected chi connectivity index (χ2v) is 8.26. The molecule has 1 unspecified atom stereocenters. The van der Waals surface area contributed by atoms with Crippen LogP contribution in [-0.4, -0.2) is 0 Å². The highest BCUT2D eigenvalue weighted by Crippen LogP contribution is 3.05. The Bertz CT molecular complexity index is 949. The Morgan fingerprint density at radius 2 is 0.920 bits per heavy atom. The Labute approximate surface area is 147 Å². The van der Waals surface area contributed by atoms with Crippen molar-refractivity contribution in [2.45, 2.75) is 24.0 Å². The maximum absolute atomic E-state index is 7.20. The molecule has 0 radical (unpaired) electrons. The van der Waals surface area contributed by atoms with Gasteiger partial charge in [0.2, 0.25) is 0 Å². The van der Waals surface area contributed by atoms with E-state index in [4.69, 9.17) is 4.74 Å². The topological polar surface area (TPSA) is 9.23 Å². The lowest BCUT2D eigenvalue weighted by atomic mass is 9.72. The van der Waals surface area contributed by atoms with E-state index in [0.29, 0.717) is 10.8 Å². The number of rotatable bonds is 2. The highest BCUT2D eigenvalue weighted by molar-refractivity contribution is 5.70. The summed E-state index contributed by atoms with van der Waals surface area (Å²) in [6, 6.07) is 30.8. The van der Waals surface area contributed by atoms with E-state index in [1.807, 2.05) is 0 Å². The van der Waals surface area contributed by atoms with Crippen molar-refractivity contribution in [1.82, 2.24) is 0 Å². The smallest absolute Gasteiger partial charge is 0.126 e. The molecule has 0 N–H and O–H groups in total. The van der Waals surface area contributed by atoms with Gasteiger partial charge in [0, 0.05) is 10.8 Å². The van der Waals surface area contributed by atoms with Crippen molar-refractivity contribution < 1.29 is 4.74 Å². The summed E-state index contributed by atoms with van der Waals surface area (Å²) in [5.74, 6) is 0. The minimum atomic E-state index is -0.263. The summed E-state index contributed by atoms with van der Waals surface area (Å²) in [6.07, 6.45) is 2.58. The number of benzene rings is 3. The lowest BCUT2D eigenvalue weighted by Crippen LogP contribution is -2.37. The minimum Gasteiger partial charge on any atom is -0.348 e. The summed E-state index contributed by atoms with van der Waals surface area (Å²) >= 11 is 0. The largest absolute Gasteiger partial charge is 0.348 e. The second kappa shape index (κ2) is 3.59. The van der Waals surface area contributed by atoms with Crippen LogP contribution in [0, 0.1) is 10.8 Å². The van der Waals surface area contributed by atoms with Crippen molar-refractivity contribution in [3.8, 4) is 0 Å². The first kappa shape index (κ1) is 12.9. The van der Waals surface area contributed by atoms with Crippen LogP contribution in [0.3, 0.4) is 0 Å². The predicted molar refractivity (Wildman–Crippen MR) is 96.1 cm³/mol. The van der Waals surface area contributed by atoms with E-state index in [1.165, 1.54) is 35.1 Å². The molecule has 25 heavy (non-hydrogen) atoms. The molecule has 1 nitrogen and oxygen atoms in total. The van der Waals surface area contributed by atoms with Gasteiger partial charge in [0.25, 0.3) is 0 Å². The normalized spacial score (nSPS) is 41.0. The van der Waals surface area contributed by atoms with Crippen LogP contribution in [-0.2, 0) is 15.9 Å². The number of ether oxygens (including phenoxy) is 1. The van der Waals surface area contributed by atoms with Gasteiger partial charge in [-0.05, 0) is 35.1 Å². The van der Waals surface area contributed by atoms with E-state index in [-0.39, 0.29) is 11.2 Å². The number of hydrogen-bond donors (Lipinski definition) is 0. The lowest BCUT2D eigenvalue weighted by molar-refractivity contribution is -0.120. The zero-order valence-electron chi connectivity index (χ0n) is 13.9. The van der Waals surface area contributed by atoms with Gasteiger partial charge in [-0.15, -0.1) is 0 Å². The summed E-state index contributed by atoms with van der Waals surface area (Å²) in [5.41, 5.74) is 5.55. The zero-order chi connectivity index (χ0) is 16.3. The molecule has 1 saturated heterocycles. The maximum Gasteiger partial charge on any atom is 0.126 e. The van der Waals surface area contributed by atoms with Crippen molar-refractivity contribution in [2.24, 2.45) is 10.8 Å². The SMILES string of the molecule is c1ccc(C23O[C@@](c4ccccc4)(c4ccccc42)C24CC32C4)cc1. The fraction of sp³-hybridized carbons (Fsp3) is 0.250. The summed E-state index contributed by atoms with van der Waals surface area (Å²) in [4.78, 5) is 0. The van der Waals surface area contributed by atoms with Crippen molar-refractivity contribution in [2.75, 3.05) is 0 Å². The standard InChI is InChI=1S/C24H18O/c1-3-9-17(10-4-1)23-19-13-7-8-14-20(19)24(25-23,18-11-5-2-6-12-18)22-15-21(22,23)16-22/h1-14H,15-16H2/t21?,22?,23-,24?/m0/s1. The summed E-state index contributed by atoms with van der Waals surface area (Å²) < 4.78 is 7.20. The van der Waals surface area contributed by atoms with E-state index >= 15 is 0 Å². The van der Waals surface area contributed by atoms with Crippen LogP contribution in [0.1, 0.15) is 35.1 Å². The first-order valence-electron chi connectivity index (χ1n) is 9.22. The number of hydrogen-bond acceptors (Lipinski definition) is 1. The van der Waals surface area contributed by atoms with Crippen LogP contribution in [0.2, 0.25) is 0 Å². The van der Waals surface area contributed by atoms with Gasteiger partial charge < -0.3 is 4.74 Å². The molecular formula is C24H18O. The molecule has 7 rings (SSSR count). The molecule has 3 aromatic carbocycles. The van der Waals surface area contributed by atoms with Crippen molar-refractivity contribution in [3.63, 3.8) is 0 Å². The third-order valence-corrected chi connectivity index (χ3v) is 7.57. The molecule has 2 bridgehead atoms. The van der Waals surface area contributed by atoms with Gasteiger partial charge in [-0.25, -0.2) is 0 Å². The van der Waals surface area contributed by atoms with E-state index in [1.54, 1.807) is 0 Å². The number of fused-ring (bicyclic) bond motifs is 5. The molecule has 0 aromatic heterocycles. The van der Waals surface area contributed by atoms with Gasteiger partial charge in [0.15, 0.2) is 0 Å². The zero-order valence-corrected chi connectivity index (χ0v) is 13.9. The Balaban J connectivity index is 1.61. The van der Waals surface area contributed by atoms with Gasteiger partial charge in [0.05, 0.1) is 0 Å². The molecule has 2 heterocycles. The molecule has 2 saturated carbocycles. The van der Waals surface area contributed by atoms with Crippen LogP contribution in [0.25, 0.3) is 0 Å². The minimum absolute atomic E-state index is 0.263. The van der Waals surface area contributed by atoms with E-state index < -0.39 is 0 Å². The molecule has 4 aliphatic rings. The molecule has 120 valence electrons. The summed E-state index contributed by atoms with van der Waals surface area (Å²) in [7, 11) is 0. The van der Waals surface area contributed by atoms with Crippen molar-refractivity contribution >= 4 is 0 Å². The molecular weight excluding hydrogens is 304 g/mol. The average Bonchev–Trinajstić information content (AvgIpc) is 3.48. The third-order valence-electron chi connectivity index (χ3n) is 7.57. The van der Waals surface area contributed by atoms with E-state index in [0.717, 1.165) is 0 Å². The van der Waals surface area contributed by atoms with Crippen LogP contribution >= 0.6 is 0 Å². The van der Waals surface area contributed by atoms with Crippen molar-refractivity contribution in [1.29, 1.82) is 0 Å². The van der Waals surface area contributed by atoms with Crippen molar-refractivity contribution in [3.05, 3.63) is 107 Å². The second-order valence-electron chi connectivity index (χ2n) is 8.26. The quantitative estimate of drug-likeness (QED) is 0.645. The van der Waals surface area contributed by atoms with Crippen LogP contribution < -0.4 is 0 Å². The molecule has 3 aromatic rings. The molecule has 2 atom stereocenters. The Hall–Kier alpha value is -2.38. The molecule has 0 amide bonds. The van der Waals surface area contributed by atoms with Gasteiger partial charge in [-0.3, -0.25) is 0 Å². The molecule has 2 aliphatic heterocycles. The third kappa shape index (κ3) is 1.04. The first-order valence-corrected chi connectivity index (χ1v) is 9.22. The van der Waals surface area contributed by atoms with Crippen LogP contribution in [0.4, 0.5) is 0 Å². The van der Waals surface area contributed by atoms with E-state index in [9.17, 15) is 0 Å². The fourth-order valence-corrected chi connectivity index (χ4v) is 6.54. The predicted octanol–water partition coefficient (Wildman–Crippen LogP) is 5.00. The Morgan fingerprint density at radius 3 is 1.36 bits per heavy atom. The fourth-order valence-electron chi connectivity index (χ4n) is 6.54. The van der Waals surface area contributed by atoms with Crippen LogP contribution in [0.15, 0.2) is 84.9 Å². The van der Waals surface area contributed by atoms with E-state index in [2.05, 4.69) is 84.9 Å². The highest BCUT2D eigenvalue weighted by Gasteiger charge is 3.04. The Morgan fingerprint density at radius 1 is 0.520 bits per heavy atom. The monoisotopic (exact) mass is 322 g/mol. The molecule has 2 aliphatic carbocycles. The molecule has 1 heteroatoms. The molecule has 3 fully saturated rings. The maximum atomic E-state index is 7.20. The summed E-state index contributed by atoms with van der Waals surface area (Å²) in [6.45, 7) is 0.